The van der Waals surface area contributed by atoms with Crippen LogP contribution in [0.1, 0.15) is 11.3 Å². The maximum absolute atomic E-state index is 8.90. The summed E-state index contributed by atoms with van der Waals surface area (Å²) in [7, 11) is 0. The van der Waals surface area contributed by atoms with Gasteiger partial charge in [-0.3, -0.25) is 0 Å². The molecule has 0 spiro atoms. The molecule has 0 radical (unpaired) electrons. The quantitative estimate of drug-likeness (QED) is 0.488. The van der Waals surface area contributed by atoms with Crippen molar-refractivity contribution < 1.29 is 5.21 Å². The molecule has 0 fully saturated rings. The van der Waals surface area contributed by atoms with E-state index in [0.717, 1.165) is 35.6 Å². The summed E-state index contributed by atoms with van der Waals surface area (Å²) in [5.41, 5.74) is 2.12. The number of rotatable bonds is 0. The Balaban J connectivity index is 2.41. The lowest BCUT2D eigenvalue weighted by Gasteiger charge is -2.09. The molecule has 1 aromatic heterocycles. The zero-order valence-corrected chi connectivity index (χ0v) is 5.54. The number of hydrogen-bond acceptors (Lipinski definition) is 3. The molecule has 1 aliphatic heterocycles. The maximum atomic E-state index is 8.90. The van der Waals surface area contributed by atoms with Crippen LogP contribution in [0.15, 0.2) is 6.20 Å². The van der Waals surface area contributed by atoms with Crippen LogP contribution in [0.5, 0.6) is 0 Å². The van der Waals surface area contributed by atoms with Gasteiger partial charge in [-0.1, -0.05) is 0 Å². The minimum atomic E-state index is 0.781. The van der Waals surface area contributed by atoms with E-state index in [1.165, 1.54) is 0 Å². The van der Waals surface area contributed by atoms with E-state index in [-0.39, 0.29) is 0 Å². The van der Waals surface area contributed by atoms with E-state index in [4.69, 9.17) is 5.21 Å². The second kappa shape index (κ2) is 1.98. The Labute approximate surface area is 58.4 Å². The van der Waals surface area contributed by atoms with Crippen molar-refractivity contribution in [2.75, 3.05) is 6.54 Å². The molecule has 1 aromatic rings. The van der Waals surface area contributed by atoms with Crippen molar-refractivity contribution >= 4 is 0 Å². The molecule has 2 rings (SSSR count). The van der Waals surface area contributed by atoms with E-state index >= 15 is 0 Å². The maximum Gasteiger partial charge on any atom is 0.0830 e. The average Bonchev–Trinajstić information content (AvgIpc) is 2.27. The number of nitrogens with one attached hydrogen (secondary N) is 1. The highest BCUT2D eigenvalue weighted by molar-refractivity contribution is 5.18. The molecular weight excluding hydrogens is 130 g/mol. The monoisotopic (exact) mass is 139 g/mol. The average molecular weight is 139 g/mol. The van der Waals surface area contributed by atoms with Gasteiger partial charge in [0, 0.05) is 6.54 Å². The van der Waals surface area contributed by atoms with Crippen molar-refractivity contribution in [1.29, 1.82) is 0 Å². The largest absolute Gasteiger partial charge is 0.412 e. The molecule has 54 valence electrons. The van der Waals surface area contributed by atoms with E-state index in [9.17, 15) is 0 Å². The molecule has 0 aliphatic carbocycles. The molecule has 2 N–H and O–H groups in total. The van der Waals surface area contributed by atoms with E-state index in [2.05, 4.69) is 10.4 Å². The summed E-state index contributed by atoms with van der Waals surface area (Å²) < 4.78 is 0. The molecule has 10 heavy (non-hydrogen) atoms. The van der Waals surface area contributed by atoms with Crippen molar-refractivity contribution in [2.24, 2.45) is 0 Å². The minimum absolute atomic E-state index is 0.781. The predicted octanol–water partition coefficient (Wildman–Crippen LogP) is -0.234. The van der Waals surface area contributed by atoms with E-state index in [1.807, 2.05) is 0 Å². The fourth-order valence-electron chi connectivity index (χ4n) is 1.22. The van der Waals surface area contributed by atoms with Gasteiger partial charge in [0.05, 0.1) is 11.9 Å². The molecule has 0 bridgehead atoms. The van der Waals surface area contributed by atoms with Crippen molar-refractivity contribution in [3.63, 3.8) is 0 Å². The Morgan fingerprint density at radius 2 is 2.60 bits per heavy atom. The van der Waals surface area contributed by atoms with Crippen LogP contribution >= 0.6 is 0 Å². The summed E-state index contributed by atoms with van der Waals surface area (Å²) in [5, 5.41) is 15.9. The number of aromatic nitrogens is 2. The smallest absolute Gasteiger partial charge is 0.0830 e. The van der Waals surface area contributed by atoms with Crippen LogP contribution in [0.3, 0.4) is 0 Å². The Morgan fingerprint density at radius 3 is 3.40 bits per heavy atom. The molecule has 1 aliphatic rings. The third-order valence-electron chi connectivity index (χ3n) is 1.73. The fraction of sp³-hybridized carbons (Fsp3) is 0.500. The molecule has 0 amide bonds. The number of nitrogens with zero attached hydrogens (tertiary/aromatic N) is 2. The van der Waals surface area contributed by atoms with Gasteiger partial charge in [-0.05, 0) is 18.5 Å². The first kappa shape index (κ1) is 5.73. The van der Waals surface area contributed by atoms with Gasteiger partial charge < -0.3 is 10.5 Å². The summed E-state index contributed by atoms with van der Waals surface area (Å²) in [6.07, 6.45) is 2.63. The first-order valence-corrected chi connectivity index (χ1v) is 3.33. The van der Waals surface area contributed by atoms with Gasteiger partial charge in [0.2, 0.25) is 0 Å². The Kier molecular flexibility index (Phi) is 1.14. The van der Waals surface area contributed by atoms with Crippen molar-refractivity contribution in [2.45, 2.75) is 13.0 Å². The summed E-state index contributed by atoms with van der Waals surface area (Å²) in [4.78, 5) is 0.887. The lowest BCUT2D eigenvalue weighted by atomic mass is 10.1. The second-order valence-corrected chi connectivity index (χ2v) is 2.45. The molecule has 2 heterocycles. The first-order valence-electron chi connectivity index (χ1n) is 3.33. The van der Waals surface area contributed by atoms with E-state index < -0.39 is 0 Å². The van der Waals surface area contributed by atoms with E-state index in [0.29, 0.717) is 0 Å². The molecule has 4 heteroatoms. The molecule has 0 atom stereocenters. The third kappa shape index (κ3) is 0.769. The van der Waals surface area contributed by atoms with Crippen LogP contribution in [-0.2, 0) is 13.0 Å². The topological polar surface area (TPSA) is 50.1 Å². The minimum Gasteiger partial charge on any atom is -0.412 e. The third-order valence-corrected chi connectivity index (χ3v) is 1.73. The highest BCUT2D eigenvalue weighted by Crippen LogP contribution is 2.09. The van der Waals surface area contributed by atoms with Crippen LogP contribution < -0.4 is 5.32 Å². The summed E-state index contributed by atoms with van der Waals surface area (Å²) >= 11 is 0. The van der Waals surface area contributed by atoms with E-state index in [1.54, 1.807) is 6.20 Å². The highest BCUT2D eigenvalue weighted by Gasteiger charge is 2.11. The molecule has 0 aromatic carbocycles. The fourth-order valence-corrected chi connectivity index (χ4v) is 1.22. The Morgan fingerprint density at radius 1 is 1.70 bits per heavy atom. The highest BCUT2D eigenvalue weighted by atomic mass is 16.5. The van der Waals surface area contributed by atoms with Crippen molar-refractivity contribution in [3.8, 4) is 0 Å². The zero-order valence-electron chi connectivity index (χ0n) is 5.54. The SMILES string of the molecule is On1cc2c(n1)CNCC2. The lowest BCUT2D eigenvalue weighted by molar-refractivity contribution is 0.147. The molecular formula is C6H9N3O. The Bertz CT molecular complexity index is 220. The molecule has 0 saturated carbocycles. The first-order chi connectivity index (χ1) is 4.86. The van der Waals surface area contributed by atoms with Crippen LogP contribution in [0.4, 0.5) is 0 Å². The predicted molar refractivity (Wildman–Crippen MR) is 34.8 cm³/mol. The van der Waals surface area contributed by atoms with Gasteiger partial charge in [-0.2, -0.15) is 0 Å². The summed E-state index contributed by atoms with van der Waals surface area (Å²) in [6, 6.07) is 0. The van der Waals surface area contributed by atoms with Gasteiger partial charge in [-0.25, -0.2) is 0 Å². The normalized spacial score (nSPS) is 16.8. The van der Waals surface area contributed by atoms with Crippen molar-refractivity contribution in [1.82, 2.24) is 15.3 Å². The van der Waals surface area contributed by atoms with Gasteiger partial charge in [0.1, 0.15) is 0 Å². The molecule has 0 saturated heterocycles. The van der Waals surface area contributed by atoms with Gasteiger partial charge in [0.25, 0.3) is 0 Å². The lowest BCUT2D eigenvalue weighted by Crippen LogP contribution is -2.22. The number of fused-ring (bicyclic) bond motifs is 1. The van der Waals surface area contributed by atoms with Gasteiger partial charge in [0.15, 0.2) is 0 Å². The second-order valence-electron chi connectivity index (χ2n) is 2.45. The summed E-state index contributed by atoms with van der Waals surface area (Å²) in [5.74, 6) is 0. The van der Waals surface area contributed by atoms with Crippen LogP contribution in [-0.4, -0.2) is 21.7 Å². The van der Waals surface area contributed by atoms with Crippen LogP contribution in [0.2, 0.25) is 0 Å². The molecule has 4 nitrogen and oxygen atoms in total. The van der Waals surface area contributed by atoms with Gasteiger partial charge in [-0.15, -0.1) is 9.94 Å². The van der Waals surface area contributed by atoms with Crippen LogP contribution in [0.25, 0.3) is 0 Å². The van der Waals surface area contributed by atoms with Crippen LogP contribution in [0, 0.1) is 0 Å². The van der Waals surface area contributed by atoms with Crippen molar-refractivity contribution in [3.05, 3.63) is 17.5 Å². The molecule has 0 unspecified atom stereocenters. The Hall–Kier alpha value is -1.03. The summed E-state index contributed by atoms with van der Waals surface area (Å²) in [6.45, 7) is 1.77. The van der Waals surface area contributed by atoms with Gasteiger partial charge >= 0.3 is 0 Å². The number of hydrogen-bond donors (Lipinski definition) is 2. The standard InChI is InChI=1S/C6H9N3O/c10-9-4-5-1-2-7-3-6(5)8-9/h4,7,10H,1-3H2. The zero-order chi connectivity index (χ0) is 6.97.